The van der Waals surface area contributed by atoms with Crippen molar-refractivity contribution in [2.75, 3.05) is 32.8 Å². The van der Waals surface area contributed by atoms with Crippen molar-refractivity contribution < 1.29 is 4.74 Å². The van der Waals surface area contributed by atoms with Gasteiger partial charge >= 0.3 is 0 Å². The molecule has 0 atom stereocenters. The van der Waals surface area contributed by atoms with E-state index in [4.69, 9.17) is 4.74 Å². The van der Waals surface area contributed by atoms with Gasteiger partial charge in [0.15, 0.2) is 0 Å². The summed E-state index contributed by atoms with van der Waals surface area (Å²) in [5, 5.41) is 0. The Morgan fingerprint density at radius 2 is 1.28 bits per heavy atom. The molecule has 0 aromatic rings. The number of hydrogen-bond donors (Lipinski definition) is 0. The molecule has 3 rings (SSSR count). The third-order valence-electron chi connectivity index (χ3n) is 5.95. The van der Waals surface area contributed by atoms with Gasteiger partial charge < -0.3 is 14.5 Å². The Labute approximate surface area is 155 Å². The van der Waals surface area contributed by atoms with Crippen LogP contribution in [0.15, 0.2) is 23.7 Å². The van der Waals surface area contributed by atoms with E-state index in [0.29, 0.717) is 0 Å². The van der Waals surface area contributed by atoms with E-state index in [1.54, 1.807) is 11.4 Å². The van der Waals surface area contributed by atoms with Crippen LogP contribution in [-0.2, 0) is 4.74 Å². The summed E-state index contributed by atoms with van der Waals surface area (Å²) in [5.41, 5.74) is 3.29. The zero-order valence-electron chi connectivity index (χ0n) is 16.2. The van der Waals surface area contributed by atoms with E-state index in [9.17, 15) is 0 Å². The van der Waals surface area contributed by atoms with Crippen molar-refractivity contribution >= 4 is 0 Å². The van der Waals surface area contributed by atoms with Crippen LogP contribution in [0, 0.1) is 0 Å². The van der Waals surface area contributed by atoms with E-state index >= 15 is 0 Å². The lowest BCUT2D eigenvalue weighted by Gasteiger charge is -2.36. The number of hydrogen-bond acceptors (Lipinski definition) is 3. The molecule has 142 valence electrons. The van der Waals surface area contributed by atoms with E-state index in [1.165, 1.54) is 90.0 Å². The van der Waals surface area contributed by atoms with Crippen molar-refractivity contribution in [3.05, 3.63) is 23.7 Å². The molecule has 3 aliphatic rings. The highest BCUT2D eigenvalue weighted by Gasteiger charge is 2.21. The molecule has 0 amide bonds. The summed E-state index contributed by atoms with van der Waals surface area (Å²) in [5.74, 6) is 0. The molecule has 0 unspecified atom stereocenters. The minimum absolute atomic E-state index is 0.895. The molecule has 2 aliphatic heterocycles. The first-order valence-corrected chi connectivity index (χ1v) is 10.9. The molecule has 1 saturated heterocycles. The maximum atomic E-state index is 5.64. The first-order valence-electron chi connectivity index (χ1n) is 10.9. The lowest BCUT2D eigenvalue weighted by molar-refractivity contribution is 0.0501. The maximum Gasteiger partial charge on any atom is 0.0642 e. The first-order chi connectivity index (χ1) is 12.4. The largest absolute Gasteiger partial charge is 0.378 e. The van der Waals surface area contributed by atoms with Crippen molar-refractivity contribution in [3.63, 3.8) is 0 Å². The van der Waals surface area contributed by atoms with Gasteiger partial charge in [0.25, 0.3) is 0 Å². The van der Waals surface area contributed by atoms with Gasteiger partial charge in [0, 0.05) is 31.0 Å². The predicted octanol–water partition coefficient (Wildman–Crippen LogP) is 5.44. The van der Waals surface area contributed by atoms with Gasteiger partial charge in [-0.3, -0.25) is 0 Å². The Kier molecular flexibility index (Phi) is 8.21. The van der Waals surface area contributed by atoms with Crippen molar-refractivity contribution in [3.8, 4) is 0 Å². The molecule has 1 fully saturated rings. The zero-order chi connectivity index (χ0) is 17.2. The highest BCUT2D eigenvalue weighted by molar-refractivity contribution is 5.17. The van der Waals surface area contributed by atoms with Crippen molar-refractivity contribution in [2.45, 2.75) is 83.5 Å². The fourth-order valence-corrected chi connectivity index (χ4v) is 4.46. The summed E-state index contributed by atoms with van der Waals surface area (Å²) in [6.45, 7) is 5.16. The molecular weight excluding hydrogens is 308 g/mol. The van der Waals surface area contributed by atoms with E-state index < -0.39 is 0 Å². The van der Waals surface area contributed by atoms with Gasteiger partial charge in [-0.25, -0.2) is 0 Å². The van der Waals surface area contributed by atoms with Gasteiger partial charge in [-0.15, -0.1) is 0 Å². The Morgan fingerprint density at radius 1 is 0.640 bits per heavy atom. The van der Waals surface area contributed by atoms with Gasteiger partial charge in [-0.1, -0.05) is 44.6 Å². The van der Waals surface area contributed by atoms with Gasteiger partial charge in [-0.2, -0.15) is 0 Å². The molecule has 1 aliphatic carbocycles. The van der Waals surface area contributed by atoms with Crippen LogP contribution in [0.1, 0.15) is 83.5 Å². The second-order valence-corrected chi connectivity index (χ2v) is 7.90. The molecule has 0 aromatic carbocycles. The Hall–Kier alpha value is -0.960. The lowest BCUT2D eigenvalue weighted by Crippen LogP contribution is -2.37. The van der Waals surface area contributed by atoms with Crippen LogP contribution in [0.3, 0.4) is 0 Å². The van der Waals surface area contributed by atoms with E-state index in [1.807, 2.05) is 0 Å². The third-order valence-corrected chi connectivity index (χ3v) is 5.95. The smallest absolute Gasteiger partial charge is 0.0642 e. The monoisotopic (exact) mass is 346 g/mol. The Bertz CT molecular complexity index is 437. The quantitative estimate of drug-likeness (QED) is 0.662. The highest BCUT2D eigenvalue weighted by Crippen LogP contribution is 2.29. The normalized spacial score (nSPS) is 25.3. The van der Waals surface area contributed by atoms with E-state index in [-0.39, 0.29) is 0 Å². The first kappa shape index (κ1) is 18.8. The van der Waals surface area contributed by atoms with Crippen molar-refractivity contribution in [1.29, 1.82) is 0 Å². The van der Waals surface area contributed by atoms with Crippen LogP contribution in [0.2, 0.25) is 0 Å². The van der Waals surface area contributed by atoms with Crippen LogP contribution in [-0.4, -0.2) is 42.6 Å². The molecule has 3 heteroatoms. The molecule has 0 aromatic heterocycles. The molecule has 0 saturated carbocycles. The van der Waals surface area contributed by atoms with E-state index in [2.05, 4.69) is 22.1 Å². The SMILES string of the molecule is C1=CN(C2=C(N3CCOCC3)CCCCCCCCCC2)CCCC1. The zero-order valence-corrected chi connectivity index (χ0v) is 16.2. The number of nitrogens with zero attached hydrogens (tertiary/aromatic N) is 2. The molecule has 0 bridgehead atoms. The van der Waals surface area contributed by atoms with E-state index in [0.717, 1.165) is 26.3 Å². The van der Waals surface area contributed by atoms with Crippen molar-refractivity contribution in [2.24, 2.45) is 0 Å². The molecule has 0 spiro atoms. The lowest BCUT2D eigenvalue weighted by atomic mass is 10.00. The summed E-state index contributed by atoms with van der Waals surface area (Å²) < 4.78 is 5.64. The number of ether oxygens (including phenoxy) is 1. The van der Waals surface area contributed by atoms with Gasteiger partial charge in [-0.05, 0) is 51.1 Å². The molecule has 2 heterocycles. The Balaban J connectivity index is 1.83. The molecule has 25 heavy (non-hydrogen) atoms. The Morgan fingerprint density at radius 3 is 2.00 bits per heavy atom. The van der Waals surface area contributed by atoms with Gasteiger partial charge in [0.1, 0.15) is 0 Å². The summed E-state index contributed by atoms with van der Waals surface area (Å²) in [7, 11) is 0. The van der Waals surface area contributed by atoms with Crippen LogP contribution in [0.5, 0.6) is 0 Å². The average molecular weight is 347 g/mol. The molecule has 0 N–H and O–H groups in total. The molecule has 3 nitrogen and oxygen atoms in total. The molecular formula is C22H38N2O. The fraction of sp³-hybridized carbons (Fsp3) is 0.818. The molecule has 0 radical (unpaired) electrons. The number of morpholine rings is 1. The highest BCUT2D eigenvalue weighted by atomic mass is 16.5. The third kappa shape index (κ3) is 6.06. The van der Waals surface area contributed by atoms with Gasteiger partial charge in [0.05, 0.1) is 13.2 Å². The summed E-state index contributed by atoms with van der Waals surface area (Å²) in [4.78, 5) is 5.27. The van der Waals surface area contributed by atoms with Crippen LogP contribution >= 0.6 is 0 Å². The number of allylic oxidation sites excluding steroid dienone is 3. The second-order valence-electron chi connectivity index (χ2n) is 7.90. The summed E-state index contributed by atoms with van der Waals surface area (Å²) in [6.07, 6.45) is 22.5. The topological polar surface area (TPSA) is 15.7 Å². The predicted molar refractivity (Wildman–Crippen MR) is 105 cm³/mol. The minimum Gasteiger partial charge on any atom is -0.378 e. The van der Waals surface area contributed by atoms with Gasteiger partial charge in [0.2, 0.25) is 0 Å². The average Bonchev–Trinajstić information content (AvgIpc) is 2.92. The fourth-order valence-electron chi connectivity index (χ4n) is 4.46. The standard InChI is InChI=1S/C22H38N2O/c1-2-4-6-10-14-22(24-17-19-25-20-18-24)21(13-9-5-3-1)23-15-11-7-8-12-16-23/h11,15H,1-10,12-14,16-20H2. The summed E-state index contributed by atoms with van der Waals surface area (Å²) in [6, 6.07) is 0. The van der Waals surface area contributed by atoms with Crippen LogP contribution < -0.4 is 0 Å². The van der Waals surface area contributed by atoms with Crippen LogP contribution in [0.25, 0.3) is 0 Å². The van der Waals surface area contributed by atoms with Crippen LogP contribution in [0.4, 0.5) is 0 Å². The maximum absolute atomic E-state index is 5.64. The second kappa shape index (κ2) is 10.9. The summed E-state index contributed by atoms with van der Waals surface area (Å²) >= 11 is 0. The minimum atomic E-state index is 0.895. The number of rotatable bonds is 2. The van der Waals surface area contributed by atoms with Crippen molar-refractivity contribution in [1.82, 2.24) is 9.80 Å².